The van der Waals surface area contributed by atoms with Gasteiger partial charge in [0, 0.05) is 25.1 Å². The van der Waals surface area contributed by atoms with Crippen molar-refractivity contribution in [1.82, 2.24) is 9.13 Å². The molecule has 5 nitrogen and oxygen atoms in total. The SMILES string of the molecule is O=C(Cl)c1cn(CC2CC2(F)F)c(=O)n(-c2ccc(F)cc2)c1=O. The maximum atomic E-state index is 13.1. The first kappa shape index (κ1) is 16.5. The molecule has 0 spiro atoms. The average Bonchev–Trinajstić information content (AvgIpc) is 3.10. The molecule has 2 aromatic rings. The Morgan fingerprint density at radius 1 is 1.25 bits per heavy atom. The number of halogens is 4. The molecular weight excluding hydrogens is 349 g/mol. The van der Waals surface area contributed by atoms with Crippen LogP contribution in [0.5, 0.6) is 0 Å². The van der Waals surface area contributed by atoms with E-state index in [0.717, 1.165) is 35.0 Å². The molecule has 1 saturated carbocycles. The summed E-state index contributed by atoms with van der Waals surface area (Å²) >= 11 is 5.35. The van der Waals surface area contributed by atoms with Crippen LogP contribution in [0.25, 0.3) is 5.69 Å². The van der Waals surface area contributed by atoms with Crippen LogP contribution < -0.4 is 11.2 Å². The van der Waals surface area contributed by atoms with Crippen LogP contribution in [0.4, 0.5) is 13.2 Å². The van der Waals surface area contributed by atoms with Crippen molar-refractivity contribution in [2.75, 3.05) is 0 Å². The fourth-order valence-corrected chi connectivity index (χ4v) is 2.52. The topological polar surface area (TPSA) is 61.1 Å². The van der Waals surface area contributed by atoms with E-state index in [0.29, 0.717) is 4.57 Å². The summed E-state index contributed by atoms with van der Waals surface area (Å²) in [7, 11) is 0. The molecule has 1 aliphatic carbocycles. The van der Waals surface area contributed by atoms with Crippen molar-refractivity contribution >= 4 is 16.8 Å². The number of hydrogen-bond donors (Lipinski definition) is 0. The number of carbonyl (C=O) groups is 1. The Morgan fingerprint density at radius 2 is 1.83 bits per heavy atom. The number of nitrogens with zero attached hydrogens (tertiary/aromatic N) is 2. The number of aromatic nitrogens is 2. The minimum atomic E-state index is -2.87. The molecule has 0 bridgehead atoms. The first-order chi connectivity index (χ1) is 11.2. The highest BCUT2D eigenvalue weighted by molar-refractivity contribution is 6.67. The molecule has 3 rings (SSSR count). The van der Waals surface area contributed by atoms with Crippen molar-refractivity contribution < 1.29 is 18.0 Å². The maximum absolute atomic E-state index is 13.1. The Bertz CT molecular complexity index is 934. The monoisotopic (exact) mass is 358 g/mol. The third kappa shape index (κ3) is 2.89. The number of rotatable bonds is 4. The first-order valence-corrected chi connectivity index (χ1v) is 7.28. The summed E-state index contributed by atoms with van der Waals surface area (Å²) in [5, 5.41) is -1.12. The summed E-state index contributed by atoms with van der Waals surface area (Å²) in [5.41, 5.74) is -2.42. The second-order valence-corrected chi connectivity index (χ2v) is 5.87. The Labute approximate surface area is 137 Å². The third-order valence-electron chi connectivity index (χ3n) is 3.82. The van der Waals surface area contributed by atoms with Gasteiger partial charge >= 0.3 is 5.69 Å². The van der Waals surface area contributed by atoms with Gasteiger partial charge in [0.2, 0.25) is 0 Å². The molecule has 0 amide bonds. The van der Waals surface area contributed by atoms with E-state index < -0.39 is 39.7 Å². The molecule has 0 aliphatic heterocycles. The largest absolute Gasteiger partial charge is 0.335 e. The molecule has 126 valence electrons. The highest BCUT2D eigenvalue weighted by Gasteiger charge is 2.56. The predicted molar refractivity (Wildman–Crippen MR) is 79.5 cm³/mol. The van der Waals surface area contributed by atoms with Gasteiger partial charge in [0.05, 0.1) is 5.69 Å². The van der Waals surface area contributed by atoms with Gasteiger partial charge in [0.1, 0.15) is 11.4 Å². The van der Waals surface area contributed by atoms with E-state index in [1.807, 2.05) is 0 Å². The zero-order valence-electron chi connectivity index (χ0n) is 12.0. The van der Waals surface area contributed by atoms with Gasteiger partial charge in [-0.3, -0.25) is 14.2 Å². The Morgan fingerprint density at radius 3 is 2.33 bits per heavy atom. The molecule has 1 atom stereocenters. The lowest BCUT2D eigenvalue weighted by Crippen LogP contribution is -2.41. The number of alkyl halides is 2. The molecule has 1 aliphatic rings. The normalized spacial score (nSPS) is 18.4. The van der Waals surface area contributed by atoms with Gasteiger partial charge in [-0.2, -0.15) is 0 Å². The second-order valence-electron chi connectivity index (χ2n) is 5.53. The van der Waals surface area contributed by atoms with E-state index in [9.17, 15) is 27.6 Å². The fourth-order valence-electron chi connectivity index (χ4n) is 2.39. The van der Waals surface area contributed by atoms with Crippen LogP contribution in [0, 0.1) is 11.7 Å². The Hall–Kier alpha value is -2.35. The van der Waals surface area contributed by atoms with E-state index in [1.165, 1.54) is 0 Å². The lowest BCUT2D eigenvalue weighted by molar-refractivity contribution is 0.0947. The summed E-state index contributed by atoms with van der Waals surface area (Å²) < 4.78 is 40.7. The predicted octanol–water partition coefficient (Wildman–Crippen LogP) is 2.17. The van der Waals surface area contributed by atoms with Gasteiger partial charge in [-0.25, -0.2) is 22.5 Å². The second kappa shape index (κ2) is 5.62. The van der Waals surface area contributed by atoms with E-state index in [4.69, 9.17) is 11.6 Å². The highest BCUT2D eigenvalue weighted by Crippen LogP contribution is 2.49. The minimum Gasteiger partial charge on any atom is -0.299 e. The first-order valence-electron chi connectivity index (χ1n) is 6.91. The van der Waals surface area contributed by atoms with E-state index in [-0.39, 0.29) is 18.7 Å². The van der Waals surface area contributed by atoms with Crippen LogP contribution in [0.3, 0.4) is 0 Å². The number of carbonyl (C=O) groups excluding carboxylic acids is 1. The standard InChI is InChI=1S/C15H10ClF3N2O3/c16-12(22)11-7-20(6-8-5-15(8,18)19)14(24)21(13(11)23)10-3-1-9(17)2-4-10/h1-4,7-8H,5-6H2. The van der Waals surface area contributed by atoms with Crippen LogP contribution in [-0.2, 0) is 6.54 Å². The molecule has 1 aromatic carbocycles. The van der Waals surface area contributed by atoms with Gasteiger partial charge < -0.3 is 0 Å². The average molecular weight is 359 g/mol. The number of hydrogen-bond acceptors (Lipinski definition) is 3. The number of benzene rings is 1. The van der Waals surface area contributed by atoms with Gasteiger partial charge in [0.15, 0.2) is 0 Å². The van der Waals surface area contributed by atoms with Crippen LogP contribution in [0.1, 0.15) is 16.8 Å². The molecule has 0 N–H and O–H groups in total. The van der Waals surface area contributed by atoms with Gasteiger partial charge in [0.25, 0.3) is 16.7 Å². The molecule has 1 unspecified atom stereocenters. The lowest BCUT2D eigenvalue weighted by Gasteiger charge is -2.11. The smallest absolute Gasteiger partial charge is 0.299 e. The molecular formula is C15H10ClF3N2O3. The Kier molecular flexibility index (Phi) is 3.87. The van der Waals surface area contributed by atoms with Gasteiger partial charge in [-0.05, 0) is 35.9 Å². The zero-order chi connectivity index (χ0) is 17.6. The zero-order valence-corrected chi connectivity index (χ0v) is 12.8. The summed E-state index contributed by atoms with van der Waals surface area (Å²) in [6.07, 6.45) is 0.508. The summed E-state index contributed by atoms with van der Waals surface area (Å²) in [5.74, 6) is -4.51. The third-order valence-corrected chi connectivity index (χ3v) is 4.03. The van der Waals surface area contributed by atoms with Crippen LogP contribution in [0.15, 0.2) is 40.1 Å². The lowest BCUT2D eigenvalue weighted by atomic mass is 10.3. The quantitative estimate of drug-likeness (QED) is 0.787. The van der Waals surface area contributed by atoms with Crippen LogP contribution in [0.2, 0.25) is 0 Å². The molecule has 0 radical (unpaired) electrons. The maximum Gasteiger partial charge on any atom is 0.335 e. The molecule has 1 fully saturated rings. The Balaban J connectivity index is 2.18. The molecule has 1 heterocycles. The van der Waals surface area contributed by atoms with Crippen LogP contribution in [-0.4, -0.2) is 20.3 Å². The summed E-state index contributed by atoms with van der Waals surface area (Å²) in [4.78, 5) is 36.2. The van der Waals surface area contributed by atoms with Crippen molar-refractivity contribution in [3.05, 3.63) is 62.7 Å². The molecule has 24 heavy (non-hydrogen) atoms. The van der Waals surface area contributed by atoms with Crippen molar-refractivity contribution in [3.63, 3.8) is 0 Å². The van der Waals surface area contributed by atoms with Gasteiger partial charge in [-0.1, -0.05) is 0 Å². The summed E-state index contributed by atoms with van der Waals surface area (Å²) in [6.45, 7) is -0.357. The van der Waals surface area contributed by atoms with Crippen molar-refractivity contribution in [3.8, 4) is 5.69 Å². The van der Waals surface area contributed by atoms with Crippen LogP contribution >= 0.6 is 11.6 Å². The molecule has 1 aromatic heterocycles. The van der Waals surface area contributed by atoms with E-state index in [1.54, 1.807) is 0 Å². The highest BCUT2D eigenvalue weighted by atomic mass is 35.5. The van der Waals surface area contributed by atoms with Crippen molar-refractivity contribution in [2.45, 2.75) is 18.9 Å². The van der Waals surface area contributed by atoms with E-state index in [2.05, 4.69) is 0 Å². The van der Waals surface area contributed by atoms with Gasteiger partial charge in [-0.15, -0.1) is 0 Å². The minimum absolute atomic E-state index is 0.00229. The van der Waals surface area contributed by atoms with E-state index >= 15 is 0 Å². The van der Waals surface area contributed by atoms with Crippen molar-refractivity contribution in [2.24, 2.45) is 5.92 Å². The molecule has 0 saturated heterocycles. The summed E-state index contributed by atoms with van der Waals surface area (Å²) in [6, 6.07) is 4.37. The molecule has 9 heteroatoms. The van der Waals surface area contributed by atoms with Crippen molar-refractivity contribution in [1.29, 1.82) is 0 Å². The fraction of sp³-hybridized carbons (Fsp3) is 0.267.